The van der Waals surface area contributed by atoms with Crippen LogP contribution < -0.4 is 5.32 Å². The molecule has 2 aromatic carbocycles. The number of rotatable bonds is 6. The number of methoxy groups -OCH3 is 1. The van der Waals surface area contributed by atoms with Gasteiger partial charge in [0.25, 0.3) is 0 Å². The van der Waals surface area contributed by atoms with Crippen LogP contribution in [0.2, 0.25) is 0 Å². The van der Waals surface area contributed by atoms with Crippen molar-refractivity contribution in [1.82, 2.24) is 4.98 Å². The Morgan fingerprint density at radius 1 is 1.17 bits per heavy atom. The summed E-state index contributed by atoms with van der Waals surface area (Å²) < 4.78 is 4.88. The minimum atomic E-state index is -0.346. The van der Waals surface area contributed by atoms with Crippen molar-refractivity contribution < 1.29 is 9.53 Å². The van der Waals surface area contributed by atoms with E-state index in [9.17, 15) is 4.79 Å². The molecule has 1 unspecified atom stereocenters. The van der Waals surface area contributed by atoms with Crippen molar-refractivity contribution in [1.29, 1.82) is 0 Å². The molecule has 154 valence electrons. The number of nitrogens with one attached hydrogen (secondary N) is 1. The lowest BCUT2D eigenvalue weighted by Crippen LogP contribution is -2.19. The van der Waals surface area contributed by atoms with Gasteiger partial charge in [0.05, 0.1) is 24.6 Å². The van der Waals surface area contributed by atoms with Gasteiger partial charge in [-0.25, -0.2) is 4.79 Å². The number of aryl methyl sites for hydroxylation is 2. The smallest absolute Gasteiger partial charge is 0.340 e. The number of ether oxygens (including phenoxy) is 1. The van der Waals surface area contributed by atoms with Crippen LogP contribution in [0.5, 0.6) is 0 Å². The van der Waals surface area contributed by atoms with Crippen molar-refractivity contribution in [3.63, 3.8) is 0 Å². The minimum absolute atomic E-state index is 0.346. The molecule has 0 fully saturated rings. The molecule has 0 aliphatic heterocycles. The highest BCUT2D eigenvalue weighted by atomic mass is 32.2. The minimum Gasteiger partial charge on any atom is -0.465 e. The predicted octanol–water partition coefficient (Wildman–Crippen LogP) is 5.86. The van der Waals surface area contributed by atoms with Crippen molar-refractivity contribution in [3.05, 3.63) is 83.2 Å². The Balaban J connectivity index is 1.48. The molecule has 1 heterocycles. The summed E-state index contributed by atoms with van der Waals surface area (Å²) in [5.41, 5.74) is 5.37. The van der Waals surface area contributed by atoms with Crippen LogP contribution in [-0.2, 0) is 11.2 Å². The Morgan fingerprint density at radius 3 is 2.77 bits per heavy atom. The van der Waals surface area contributed by atoms with Crippen LogP contribution in [0.4, 0.5) is 5.69 Å². The van der Waals surface area contributed by atoms with Gasteiger partial charge >= 0.3 is 5.97 Å². The quantitative estimate of drug-likeness (QED) is 0.508. The molecule has 4 rings (SSSR count). The van der Waals surface area contributed by atoms with Crippen molar-refractivity contribution >= 4 is 23.4 Å². The number of carbonyl (C=O) groups is 1. The van der Waals surface area contributed by atoms with Crippen LogP contribution >= 0.6 is 11.8 Å². The van der Waals surface area contributed by atoms with Gasteiger partial charge in [0.1, 0.15) is 0 Å². The van der Waals surface area contributed by atoms with E-state index in [-0.39, 0.29) is 5.97 Å². The maximum Gasteiger partial charge on any atom is 0.340 e. The van der Waals surface area contributed by atoms with E-state index in [1.165, 1.54) is 40.0 Å². The van der Waals surface area contributed by atoms with Gasteiger partial charge in [-0.3, -0.25) is 4.98 Å². The zero-order chi connectivity index (χ0) is 20.9. The van der Waals surface area contributed by atoms with E-state index >= 15 is 0 Å². The summed E-state index contributed by atoms with van der Waals surface area (Å²) in [6.07, 6.45) is 6.74. The number of fused-ring (bicyclic) bond motifs is 1. The van der Waals surface area contributed by atoms with E-state index in [0.29, 0.717) is 11.5 Å². The molecule has 0 saturated heterocycles. The number of benzene rings is 2. The molecular weight excluding hydrogens is 392 g/mol. The fourth-order valence-corrected chi connectivity index (χ4v) is 4.85. The first-order valence-corrected chi connectivity index (χ1v) is 11.1. The van der Waals surface area contributed by atoms with E-state index in [4.69, 9.17) is 4.74 Å². The summed E-state index contributed by atoms with van der Waals surface area (Å²) in [7, 11) is 1.40. The molecule has 4 nitrogen and oxygen atoms in total. The Morgan fingerprint density at radius 2 is 1.97 bits per heavy atom. The van der Waals surface area contributed by atoms with Crippen LogP contribution in [0.15, 0.2) is 70.7 Å². The lowest BCUT2D eigenvalue weighted by Gasteiger charge is -2.27. The van der Waals surface area contributed by atoms with E-state index in [2.05, 4.69) is 59.7 Å². The molecule has 1 aliphatic rings. The van der Waals surface area contributed by atoms with Crippen LogP contribution in [0.25, 0.3) is 0 Å². The summed E-state index contributed by atoms with van der Waals surface area (Å²) in [5, 5.41) is 3.43. The standard InChI is InChI=1S/C25H26N2O2S/c1-17-6-8-20(9-7-17)30-21-10-11-22-18(14-21)4-3-5-19(22)15-27-24-16-26-13-12-23(24)25(28)29-2/h6-14,16,19,27H,3-5,15H2,1-2H3. The monoisotopic (exact) mass is 418 g/mol. The molecule has 0 amide bonds. The molecule has 1 aromatic heterocycles. The SMILES string of the molecule is COC(=O)c1ccncc1NCC1CCCc2cc(Sc3ccc(C)cc3)ccc21. The number of hydrogen-bond donors (Lipinski definition) is 1. The molecule has 0 bridgehead atoms. The molecule has 1 N–H and O–H groups in total. The number of carbonyl (C=O) groups excluding carboxylic acids is 1. The fraction of sp³-hybridized carbons (Fsp3) is 0.280. The summed E-state index contributed by atoms with van der Waals surface area (Å²) in [6, 6.07) is 17.2. The second kappa shape index (κ2) is 9.35. The number of esters is 1. The number of aromatic nitrogens is 1. The van der Waals surface area contributed by atoms with Crippen molar-refractivity contribution in [3.8, 4) is 0 Å². The third-order valence-electron chi connectivity index (χ3n) is 5.57. The van der Waals surface area contributed by atoms with Crippen molar-refractivity contribution in [2.45, 2.75) is 41.9 Å². The van der Waals surface area contributed by atoms with E-state index in [1.807, 2.05) is 11.8 Å². The van der Waals surface area contributed by atoms with Gasteiger partial charge in [0.2, 0.25) is 0 Å². The predicted molar refractivity (Wildman–Crippen MR) is 121 cm³/mol. The zero-order valence-electron chi connectivity index (χ0n) is 17.4. The second-order valence-electron chi connectivity index (χ2n) is 7.66. The molecule has 1 aliphatic carbocycles. The molecule has 3 aromatic rings. The molecule has 1 atom stereocenters. The highest BCUT2D eigenvalue weighted by molar-refractivity contribution is 7.99. The molecular formula is C25H26N2O2S. The zero-order valence-corrected chi connectivity index (χ0v) is 18.2. The number of anilines is 1. The number of hydrogen-bond acceptors (Lipinski definition) is 5. The lowest BCUT2D eigenvalue weighted by atomic mass is 9.83. The van der Waals surface area contributed by atoms with E-state index in [0.717, 1.165) is 25.1 Å². The molecule has 0 saturated carbocycles. The van der Waals surface area contributed by atoms with Crippen molar-refractivity contribution in [2.75, 3.05) is 19.0 Å². The van der Waals surface area contributed by atoms with E-state index in [1.54, 1.807) is 18.5 Å². The topological polar surface area (TPSA) is 51.2 Å². The second-order valence-corrected chi connectivity index (χ2v) is 8.81. The maximum absolute atomic E-state index is 12.0. The molecule has 30 heavy (non-hydrogen) atoms. The average molecular weight is 419 g/mol. The van der Waals surface area contributed by atoms with Gasteiger partial charge < -0.3 is 10.1 Å². The van der Waals surface area contributed by atoms with E-state index < -0.39 is 0 Å². The Hall–Kier alpha value is -2.79. The molecule has 0 spiro atoms. The summed E-state index contributed by atoms with van der Waals surface area (Å²) in [4.78, 5) is 18.7. The fourth-order valence-electron chi connectivity index (χ4n) is 3.97. The van der Waals surface area contributed by atoms with Crippen LogP contribution in [0.1, 0.15) is 45.8 Å². The van der Waals surface area contributed by atoms with Gasteiger partial charge in [0, 0.05) is 28.5 Å². The van der Waals surface area contributed by atoms with Crippen LogP contribution in [0.3, 0.4) is 0 Å². The Kier molecular flexibility index (Phi) is 6.38. The Labute approximate surface area is 182 Å². The van der Waals surface area contributed by atoms with Crippen LogP contribution in [0, 0.1) is 6.92 Å². The normalized spacial score (nSPS) is 15.3. The average Bonchev–Trinajstić information content (AvgIpc) is 2.78. The number of pyridine rings is 1. The van der Waals surface area contributed by atoms with Gasteiger partial charge in [0.15, 0.2) is 0 Å². The van der Waals surface area contributed by atoms with Crippen molar-refractivity contribution in [2.24, 2.45) is 0 Å². The van der Waals surface area contributed by atoms with Gasteiger partial charge in [-0.05, 0) is 67.6 Å². The molecule has 5 heteroatoms. The third kappa shape index (κ3) is 4.68. The van der Waals surface area contributed by atoms with Gasteiger partial charge in [-0.2, -0.15) is 0 Å². The summed E-state index contributed by atoms with van der Waals surface area (Å²) in [6.45, 7) is 2.88. The maximum atomic E-state index is 12.0. The first kappa shape index (κ1) is 20.5. The third-order valence-corrected chi connectivity index (χ3v) is 6.57. The first-order valence-electron chi connectivity index (χ1n) is 10.3. The highest BCUT2D eigenvalue weighted by Crippen LogP contribution is 2.36. The summed E-state index contributed by atoms with van der Waals surface area (Å²) >= 11 is 1.81. The Bertz CT molecular complexity index is 1030. The lowest BCUT2D eigenvalue weighted by molar-refractivity contribution is 0.0601. The number of nitrogens with zero attached hydrogens (tertiary/aromatic N) is 1. The highest BCUT2D eigenvalue weighted by Gasteiger charge is 2.21. The van der Waals surface area contributed by atoms with Crippen LogP contribution in [-0.4, -0.2) is 24.6 Å². The molecule has 0 radical (unpaired) electrons. The summed E-state index contributed by atoms with van der Waals surface area (Å²) in [5.74, 6) is 0.0691. The largest absolute Gasteiger partial charge is 0.465 e. The van der Waals surface area contributed by atoms with Gasteiger partial charge in [-0.15, -0.1) is 0 Å². The first-order chi connectivity index (χ1) is 14.6. The van der Waals surface area contributed by atoms with Gasteiger partial charge in [-0.1, -0.05) is 35.5 Å².